The molecule has 0 saturated carbocycles. The number of nitrogens with two attached hydrogens (primary N) is 3. The van der Waals surface area contributed by atoms with Gasteiger partial charge < -0.3 is 27.3 Å². The number of nitrogens with one attached hydrogen (secondary N) is 1. The predicted octanol–water partition coefficient (Wildman–Crippen LogP) is -0.214. The maximum Gasteiger partial charge on any atom is 0.244 e. The lowest BCUT2D eigenvalue weighted by molar-refractivity contribution is 0.131. The van der Waals surface area contributed by atoms with Crippen molar-refractivity contribution < 1.29 is 4.74 Å². The molecule has 6 heteroatoms. The largest absolute Gasteiger partial charge is 0.460 e. The molecule has 6 nitrogen and oxygen atoms in total. The average Bonchev–Trinajstić information content (AvgIpc) is 2.27. The van der Waals surface area contributed by atoms with Gasteiger partial charge in [0.2, 0.25) is 5.72 Å². The molecule has 0 spiro atoms. The fourth-order valence-corrected chi connectivity index (χ4v) is 1.57. The van der Waals surface area contributed by atoms with Gasteiger partial charge in [0.25, 0.3) is 0 Å². The molecular weight excluding hydrogens is 218 g/mol. The van der Waals surface area contributed by atoms with Crippen molar-refractivity contribution in [3.05, 3.63) is 41.8 Å². The number of hydrogen-bond donors (Lipinski definition) is 4. The van der Waals surface area contributed by atoms with Gasteiger partial charge in [-0.2, -0.15) is 0 Å². The summed E-state index contributed by atoms with van der Waals surface area (Å²) in [5.41, 5.74) is 16.4. The first kappa shape index (κ1) is 11.1. The van der Waals surface area contributed by atoms with Crippen molar-refractivity contribution in [3.8, 4) is 5.75 Å². The Balaban J connectivity index is 2.32. The minimum Gasteiger partial charge on any atom is -0.460 e. The second kappa shape index (κ2) is 3.89. The Bertz CT molecular complexity index is 482. The lowest BCUT2D eigenvalue weighted by atomic mass is 10.1. The zero-order valence-corrected chi connectivity index (χ0v) is 9.47. The number of nitrogens with zero attached hydrogens (tertiary/aromatic N) is 1. The highest BCUT2D eigenvalue weighted by atomic mass is 16.5. The van der Waals surface area contributed by atoms with Crippen LogP contribution in [-0.2, 0) is 0 Å². The Labute approximate surface area is 99.1 Å². The van der Waals surface area contributed by atoms with Gasteiger partial charge in [0.15, 0.2) is 5.96 Å². The van der Waals surface area contributed by atoms with Gasteiger partial charge >= 0.3 is 0 Å². The zero-order valence-electron chi connectivity index (χ0n) is 9.47. The van der Waals surface area contributed by atoms with Crippen LogP contribution in [0.4, 0.5) is 0 Å². The Hall–Kier alpha value is -2.37. The van der Waals surface area contributed by atoms with Crippen molar-refractivity contribution in [2.24, 2.45) is 22.2 Å². The Morgan fingerprint density at radius 1 is 1.18 bits per heavy atom. The maximum absolute atomic E-state index is 5.87. The summed E-state index contributed by atoms with van der Waals surface area (Å²) >= 11 is 0. The van der Waals surface area contributed by atoms with E-state index >= 15 is 0 Å². The van der Waals surface area contributed by atoms with Crippen LogP contribution in [0.5, 0.6) is 5.75 Å². The van der Waals surface area contributed by atoms with E-state index in [2.05, 4.69) is 10.3 Å². The van der Waals surface area contributed by atoms with Crippen LogP contribution in [0.1, 0.15) is 6.92 Å². The summed E-state index contributed by atoms with van der Waals surface area (Å²) in [6.07, 6.45) is 0. The lowest BCUT2D eigenvalue weighted by Crippen LogP contribution is -2.50. The number of guanidine groups is 1. The molecule has 0 aliphatic carbocycles. The van der Waals surface area contributed by atoms with Gasteiger partial charge in [-0.3, -0.25) is 0 Å². The van der Waals surface area contributed by atoms with Crippen molar-refractivity contribution in [1.82, 2.24) is 5.32 Å². The Morgan fingerprint density at radius 3 is 2.47 bits per heavy atom. The molecule has 0 aromatic heterocycles. The fourth-order valence-electron chi connectivity index (χ4n) is 1.57. The van der Waals surface area contributed by atoms with Gasteiger partial charge in [-0.15, -0.1) is 0 Å². The van der Waals surface area contributed by atoms with E-state index in [0.29, 0.717) is 11.4 Å². The Kier molecular flexibility index (Phi) is 2.55. The third kappa shape index (κ3) is 2.10. The lowest BCUT2D eigenvalue weighted by Gasteiger charge is -2.31. The number of ether oxygens (including phenoxy) is 1. The van der Waals surface area contributed by atoms with Crippen molar-refractivity contribution in [3.63, 3.8) is 0 Å². The molecule has 1 atom stereocenters. The molecule has 1 unspecified atom stereocenters. The summed E-state index contributed by atoms with van der Waals surface area (Å²) < 4.78 is 5.73. The third-order valence-electron chi connectivity index (χ3n) is 2.45. The molecule has 0 bridgehead atoms. The molecular formula is C11H15N5O. The van der Waals surface area contributed by atoms with Crippen LogP contribution in [0, 0.1) is 0 Å². The molecule has 17 heavy (non-hydrogen) atoms. The predicted molar refractivity (Wildman–Crippen MR) is 65.6 cm³/mol. The smallest absolute Gasteiger partial charge is 0.244 e. The summed E-state index contributed by atoms with van der Waals surface area (Å²) in [7, 11) is 0. The molecule has 7 N–H and O–H groups in total. The highest BCUT2D eigenvalue weighted by Crippen LogP contribution is 2.25. The quantitative estimate of drug-likeness (QED) is 0.564. The number of hydrogen-bond acceptors (Lipinski definition) is 6. The van der Waals surface area contributed by atoms with E-state index in [-0.39, 0.29) is 11.8 Å². The summed E-state index contributed by atoms with van der Waals surface area (Å²) in [6, 6.07) is 9.22. The van der Waals surface area contributed by atoms with E-state index in [1.165, 1.54) is 0 Å². The van der Waals surface area contributed by atoms with E-state index < -0.39 is 5.72 Å². The normalized spacial score (nSPS) is 23.9. The zero-order chi connectivity index (χ0) is 12.5. The number of benzene rings is 1. The molecule has 0 radical (unpaired) electrons. The Morgan fingerprint density at radius 2 is 1.82 bits per heavy atom. The van der Waals surface area contributed by atoms with Gasteiger partial charge in [-0.25, -0.2) is 4.99 Å². The molecule has 0 fully saturated rings. The SMILES string of the molecule is CC1(Oc2ccccc2)N=C(N)NC(N)=C1N. The van der Waals surface area contributed by atoms with Gasteiger partial charge in [-0.1, -0.05) is 18.2 Å². The van der Waals surface area contributed by atoms with E-state index in [0.717, 1.165) is 0 Å². The summed E-state index contributed by atoms with van der Waals surface area (Å²) in [4.78, 5) is 4.14. The van der Waals surface area contributed by atoms with Crippen LogP contribution in [0.3, 0.4) is 0 Å². The first-order valence-corrected chi connectivity index (χ1v) is 5.13. The van der Waals surface area contributed by atoms with Crippen LogP contribution >= 0.6 is 0 Å². The second-order valence-corrected chi connectivity index (χ2v) is 3.85. The van der Waals surface area contributed by atoms with Crippen molar-refractivity contribution >= 4 is 5.96 Å². The molecule has 90 valence electrons. The van der Waals surface area contributed by atoms with Gasteiger partial charge in [0.1, 0.15) is 17.3 Å². The van der Waals surface area contributed by atoms with E-state index in [9.17, 15) is 0 Å². The first-order chi connectivity index (χ1) is 8.01. The van der Waals surface area contributed by atoms with E-state index in [1.807, 2.05) is 30.3 Å². The van der Waals surface area contributed by atoms with Crippen LogP contribution in [-0.4, -0.2) is 11.7 Å². The van der Waals surface area contributed by atoms with Crippen molar-refractivity contribution in [1.29, 1.82) is 0 Å². The van der Waals surface area contributed by atoms with Crippen LogP contribution in [0.25, 0.3) is 0 Å². The molecule has 2 rings (SSSR count). The van der Waals surface area contributed by atoms with E-state index in [4.69, 9.17) is 21.9 Å². The maximum atomic E-state index is 5.87. The van der Waals surface area contributed by atoms with Gasteiger partial charge in [-0.05, 0) is 12.1 Å². The van der Waals surface area contributed by atoms with Crippen LogP contribution in [0.2, 0.25) is 0 Å². The minimum atomic E-state index is -1.08. The van der Waals surface area contributed by atoms with Gasteiger partial charge in [0, 0.05) is 6.92 Å². The van der Waals surface area contributed by atoms with Crippen LogP contribution < -0.4 is 27.3 Å². The van der Waals surface area contributed by atoms with Crippen molar-refractivity contribution in [2.75, 3.05) is 0 Å². The molecule has 0 saturated heterocycles. The molecule has 1 aromatic carbocycles. The summed E-state index contributed by atoms with van der Waals surface area (Å²) in [6.45, 7) is 1.70. The standard InChI is InChI=1S/C11H15N5O/c1-11(17-7-5-3-2-4-6-7)8(12)9(13)15-10(14)16-11/h2-6H,12-13H2,1H3,(H3,14,15,16). The molecule has 1 aliphatic heterocycles. The number of para-hydroxylation sites is 1. The summed E-state index contributed by atoms with van der Waals surface area (Å²) in [5.74, 6) is 1.08. The highest BCUT2D eigenvalue weighted by molar-refractivity contribution is 5.81. The van der Waals surface area contributed by atoms with Gasteiger partial charge in [0.05, 0.1) is 0 Å². The molecule has 1 heterocycles. The molecule has 0 amide bonds. The van der Waals surface area contributed by atoms with E-state index in [1.54, 1.807) is 6.92 Å². The fraction of sp³-hybridized carbons (Fsp3) is 0.182. The molecule has 1 aromatic rings. The van der Waals surface area contributed by atoms with Crippen molar-refractivity contribution in [2.45, 2.75) is 12.6 Å². The second-order valence-electron chi connectivity index (χ2n) is 3.85. The number of rotatable bonds is 2. The summed E-state index contributed by atoms with van der Waals surface area (Å²) in [5, 5.41) is 2.65. The minimum absolute atomic E-state index is 0.176. The topological polar surface area (TPSA) is 112 Å². The third-order valence-corrected chi connectivity index (χ3v) is 2.45. The average molecular weight is 233 g/mol. The highest BCUT2D eigenvalue weighted by Gasteiger charge is 2.35. The number of aliphatic imine (C=N–C) groups is 1. The molecule has 1 aliphatic rings. The monoisotopic (exact) mass is 233 g/mol. The first-order valence-electron chi connectivity index (χ1n) is 5.13. The van der Waals surface area contributed by atoms with Crippen LogP contribution in [0.15, 0.2) is 46.8 Å².